The lowest BCUT2D eigenvalue weighted by atomic mass is 10.0. The van der Waals surface area contributed by atoms with Gasteiger partial charge in [-0.2, -0.15) is 20.6 Å². The maximum Gasteiger partial charge on any atom is 0.272 e. The molecule has 0 atom stereocenters. The van der Waals surface area contributed by atoms with Crippen LogP contribution in [-0.2, 0) is 14.1 Å². The number of hydrogen-bond donors (Lipinski definition) is 1. The van der Waals surface area contributed by atoms with Crippen LogP contribution in [0.15, 0.2) is 24.4 Å². The van der Waals surface area contributed by atoms with E-state index in [4.69, 9.17) is 4.74 Å². The predicted octanol–water partition coefficient (Wildman–Crippen LogP) is 2.20. The van der Waals surface area contributed by atoms with Crippen molar-refractivity contribution >= 4 is 29.0 Å². The number of aromatic amines is 1. The molecule has 1 aliphatic heterocycles. The van der Waals surface area contributed by atoms with Gasteiger partial charge in [0.25, 0.3) is 5.91 Å². The maximum absolute atomic E-state index is 13.2. The van der Waals surface area contributed by atoms with Crippen LogP contribution in [0.5, 0.6) is 5.88 Å². The van der Waals surface area contributed by atoms with Gasteiger partial charge in [-0.25, -0.2) is 4.68 Å². The zero-order valence-electron chi connectivity index (χ0n) is 17.8. The quantitative estimate of drug-likeness (QED) is 0.459. The third-order valence-electron chi connectivity index (χ3n) is 5.60. The summed E-state index contributed by atoms with van der Waals surface area (Å²) in [6.45, 7) is 0.629. The second kappa shape index (κ2) is 7.39. The average Bonchev–Trinajstić information content (AvgIpc) is 3.45. The Kier molecular flexibility index (Phi) is 4.52. The largest absolute Gasteiger partial charge is 0.476 e. The molecular formula is C22H20N8O2. The molecular weight excluding hydrogens is 408 g/mol. The van der Waals surface area contributed by atoms with Crippen molar-refractivity contribution in [3.63, 3.8) is 0 Å². The molecule has 5 rings (SSSR count). The summed E-state index contributed by atoms with van der Waals surface area (Å²) >= 11 is 0. The standard InChI is InChI=1S/C22H20N8O2/c1-28-8-9-32-22-16(12-24-30(22)3)13-4-6-17-15(10-13)18(26-25-17)7-5-14-19(11-23)27-29(2)20(14)21(28)31/h4-7,10,12H,8-9H2,1-3H3,(H,25,26)/b7-5+. The fourth-order valence-electron chi connectivity index (χ4n) is 3.88. The summed E-state index contributed by atoms with van der Waals surface area (Å²) in [6, 6.07) is 8.01. The minimum atomic E-state index is -0.250. The van der Waals surface area contributed by atoms with E-state index in [2.05, 4.69) is 26.5 Å². The Bertz CT molecular complexity index is 1430. The van der Waals surface area contributed by atoms with Crippen LogP contribution >= 0.6 is 0 Å². The lowest BCUT2D eigenvalue weighted by Crippen LogP contribution is -2.32. The molecule has 0 aliphatic carbocycles. The van der Waals surface area contributed by atoms with E-state index in [0.29, 0.717) is 23.7 Å². The minimum Gasteiger partial charge on any atom is -0.476 e. The Hall–Kier alpha value is -4.39. The SMILES string of the molecule is CN1CCOc2c(cnn2C)-c2ccc3n[nH]c(c3c2)/C=C/c2c(C#N)nn(C)c2C1=O. The molecule has 4 heterocycles. The molecule has 10 nitrogen and oxygen atoms in total. The third kappa shape index (κ3) is 3.02. The summed E-state index contributed by atoms with van der Waals surface area (Å²) in [5, 5.41) is 26.4. The molecule has 0 saturated carbocycles. The van der Waals surface area contributed by atoms with Gasteiger partial charge >= 0.3 is 0 Å². The van der Waals surface area contributed by atoms with Crippen molar-refractivity contribution in [2.24, 2.45) is 14.1 Å². The van der Waals surface area contributed by atoms with Crippen LogP contribution in [0.4, 0.5) is 0 Å². The topological polar surface area (TPSA) is 118 Å². The lowest BCUT2D eigenvalue weighted by Gasteiger charge is -2.18. The first-order valence-electron chi connectivity index (χ1n) is 10.0. The first-order valence-corrected chi connectivity index (χ1v) is 10.0. The number of amides is 1. The first-order chi connectivity index (χ1) is 15.5. The first kappa shape index (κ1) is 19.6. The monoisotopic (exact) mass is 428 g/mol. The van der Waals surface area contributed by atoms with Crippen LogP contribution in [0.3, 0.4) is 0 Å². The smallest absolute Gasteiger partial charge is 0.272 e. The van der Waals surface area contributed by atoms with Crippen LogP contribution in [0.2, 0.25) is 0 Å². The van der Waals surface area contributed by atoms with E-state index in [1.165, 1.54) is 4.68 Å². The highest BCUT2D eigenvalue weighted by Crippen LogP contribution is 2.32. The molecule has 2 bridgehead atoms. The van der Waals surface area contributed by atoms with Gasteiger partial charge in [-0.15, -0.1) is 0 Å². The number of hydrogen-bond acceptors (Lipinski definition) is 6. The van der Waals surface area contributed by atoms with Crippen molar-refractivity contribution in [2.45, 2.75) is 0 Å². The summed E-state index contributed by atoms with van der Waals surface area (Å²) in [4.78, 5) is 14.8. The molecule has 1 N–H and O–H groups in total. The lowest BCUT2D eigenvalue weighted by molar-refractivity contribution is 0.0760. The molecule has 0 radical (unpaired) electrons. The molecule has 0 unspecified atom stereocenters. The van der Waals surface area contributed by atoms with Gasteiger partial charge in [-0.1, -0.05) is 6.07 Å². The van der Waals surface area contributed by atoms with E-state index in [9.17, 15) is 10.1 Å². The molecule has 1 aromatic carbocycles. The van der Waals surface area contributed by atoms with Crippen LogP contribution in [0.1, 0.15) is 27.4 Å². The van der Waals surface area contributed by atoms with Crippen molar-refractivity contribution in [1.82, 2.24) is 34.7 Å². The molecule has 160 valence electrons. The van der Waals surface area contributed by atoms with E-state index >= 15 is 0 Å². The maximum atomic E-state index is 13.2. The van der Waals surface area contributed by atoms with Gasteiger partial charge in [0.2, 0.25) is 5.88 Å². The number of benzene rings is 1. The predicted molar refractivity (Wildman–Crippen MR) is 118 cm³/mol. The number of ether oxygens (including phenoxy) is 1. The zero-order valence-corrected chi connectivity index (χ0v) is 17.8. The van der Waals surface area contributed by atoms with Crippen LogP contribution in [0.25, 0.3) is 34.2 Å². The van der Waals surface area contributed by atoms with Crippen molar-refractivity contribution in [3.05, 3.63) is 47.0 Å². The third-order valence-corrected chi connectivity index (χ3v) is 5.60. The van der Waals surface area contributed by atoms with Gasteiger partial charge in [0.15, 0.2) is 5.69 Å². The molecule has 0 saturated heterocycles. The van der Waals surface area contributed by atoms with Crippen molar-refractivity contribution in [3.8, 4) is 23.1 Å². The number of nitriles is 1. The number of rotatable bonds is 0. The number of fused-ring (bicyclic) bond motifs is 4. The van der Waals surface area contributed by atoms with E-state index in [1.807, 2.05) is 31.3 Å². The van der Waals surface area contributed by atoms with Crippen LogP contribution < -0.4 is 4.74 Å². The average molecular weight is 428 g/mol. The number of nitrogens with one attached hydrogen (secondary N) is 1. The summed E-state index contributed by atoms with van der Waals surface area (Å²) in [7, 11) is 5.17. The van der Waals surface area contributed by atoms with Gasteiger partial charge in [-0.05, 0) is 29.8 Å². The molecule has 0 spiro atoms. The van der Waals surface area contributed by atoms with Gasteiger partial charge in [-0.3, -0.25) is 14.6 Å². The number of carbonyl (C=O) groups excluding carboxylic acids is 1. The molecule has 32 heavy (non-hydrogen) atoms. The summed E-state index contributed by atoms with van der Waals surface area (Å²) in [6.07, 6.45) is 5.31. The number of H-pyrrole nitrogens is 1. The summed E-state index contributed by atoms with van der Waals surface area (Å²) in [5.41, 5.74) is 4.33. The summed E-state index contributed by atoms with van der Waals surface area (Å²) in [5.74, 6) is 0.369. The van der Waals surface area contributed by atoms with Crippen molar-refractivity contribution in [2.75, 3.05) is 20.2 Å². The Morgan fingerprint density at radius 1 is 1.19 bits per heavy atom. The fraction of sp³-hybridized carbons (Fsp3) is 0.227. The molecule has 4 aromatic rings. The molecule has 1 aliphatic rings. The number of nitrogens with zero attached hydrogens (tertiary/aromatic N) is 7. The van der Waals surface area contributed by atoms with Gasteiger partial charge in [0.1, 0.15) is 18.4 Å². The summed E-state index contributed by atoms with van der Waals surface area (Å²) < 4.78 is 9.16. The van der Waals surface area contributed by atoms with Crippen molar-refractivity contribution in [1.29, 1.82) is 5.26 Å². The Morgan fingerprint density at radius 2 is 2.03 bits per heavy atom. The fourth-order valence-corrected chi connectivity index (χ4v) is 3.88. The number of aryl methyl sites for hydroxylation is 2. The minimum absolute atomic E-state index is 0.184. The van der Waals surface area contributed by atoms with Crippen molar-refractivity contribution < 1.29 is 9.53 Å². The second-order valence-corrected chi connectivity index (χ2v) is 7.61. The highest BCUT2D eigenvalue weighted by Gasteiger charge is 2.24. The van der Waals surface area contributed by atoms with Crippen LogP contribution in [-0.4, -0.2) is 60.8 Å². The number of carbonyl (C=O) groups is 1. The van der Waals surface area contributed by atoms with Gasteiger partial charge in [0, 0.05) is 32.1 Å². The highest BCUT2D eigenvalue weighted by molar-refractivity contribution is 5.99. The Balaban J connectivity index is 1.73. The molecule has 0 fully saturated rings. The highest BCUT2D eigenvalue weighted by atomic mass is 16.5. The van der Waals surface area contributed by atoms with E-state index < -0.39 is 0 Å². The Morgan fingerprint density at radius 3 is 2.84 bits per heavy atom. The van der Waals surface area contributed by atoms with Gasteiger partial charge < -0.3 is 9.64 Å². The zero-order chi connectivity index (χ0) is 22.4. The number of aromatic nitrogens is 6. The van der Waals surface area contributed by atoms with Crippen LogP contribution in [0, 0.1) is 11.3 Å². The van der Waals surface area contributed by atoms with E-state index in [0.717, 1.165) is 27.7 Å². The Labute approximate surface area is 183 Å². The normalized spacial score (nSPS) is 14.9. The molecule has 3 aromatic heterocycles. The van der Waals surface area contributed by atoms with E-state index in [-0.39, 0.29) is 18.2 Å². The second-order valence-electron chi connectivity index (χ2n) is 7.61. The number of likely N-dealkylation sites (N-methyl/N-ethyl adjacent to an activating group) is 1. The van der Waals surface area contributed by atoms with Gasteiger partial charge in [0.05, 0.1) is 29.5 Å². The molecule has 10 heteroatoms. The molecule has 1 amide bonds. The van der Waals surface area contributed by atoms with E-state index in [1.54, 1.807) is 35.9 Å².